The molecular weight excluding hydrogens is 347 g/mol. The number of aromatic nitrogens is 2. The summed E-state index contributed by atoms with van der Waals surface area (Å²) in [5, 5.41) is 6.92. The molecule has 0 saturated carbocycles. The van der Waals surface area contributed by atoms with Crippen molar-refractivity contribution < 1.29 is 9.18 Å². The van der Waals surface area contributed by atoms with Gasteiger partial charge in [-0.05, 0) is 36.8 Å². The Labute approximate surface area is 156 Å². The fraction of sp³-hybridized carbons (Fsp3) is 0.211. The van der Waals surface area contributed by atoms with Gasteiger partial charge >= 0.3 is 0 Å². The Balaban J connectivity index is 1.99. The van der Waals surface area contributed by atoms with Gasteiger partial charge in [-0.1, -0.05) is 13.0 Å². The van der Waals surface area contributed by atoms with Crippen molar-refractivity contribution >= 4 is 34.1 Å². The third kappa shape index (κ3) is 4.12. The Morgan fingerprint density at radius 3 is 2.78 bits per heavy atom. The van der Waals surface area contributed by atoms with Crippen LogP contribution in [0.15, 0.2) is 42.6 Å². The van der Waals surface area contributed by atoms with E-state index in [1.54, 1.807) is 12.3 Å². The maximum absolute atomic E-state index is 14.4. The summed E-state index contributed by atoms with van der Waals surface area (Å²) in [5.41, 5.74) is 12.5. The molecule has 0 aliphatic rings. The number of benzene rings is 1. The Hall–Kier alpha value is -3.26. The average Bonchev–Trinajstić information content (AvgIpc) is 2.67. The van der Waals surface area contributed by atoms with E-state index in [1.807, 2.05) is 31.2 Å². The molecule has 0 fully saturated rings. The number of anilines is 3. The van der Waals surface area contributed by atoms with Crippen LogP contribution in [0.2, 0.25) is 0 Å². The smallest absolute Gasteiger partial charge is 0.252 e. The van der Waals surface area contributed by atoms with E-state index >= 15 is 0 Å². The fourth-order valence-electron chi connectivity index (χ4n) is 2.68. The lowest BCUT2D eigenvalue weighted by molar-refractivity contribution is 0.100. The van der Waals surface area contributed by atoms with Crippen LogP contribution in [0, 0.1) is 5.82 Å². The zero-order valence-corrected chi connectivity index (χ0v) is 14.9. The van der Waals surface area contributed by atoms with Crippen LogP contribution < -0.4 is 22.1 Å². The predicted octanol–water partition coefficient (Wildman–Crippen LogP) is 2.76. The van der Waals surface area contributed by atoms with E-state index in [4.69, 9.17) is 11.5 Å². The molecule has 7 nitrogen and oxygen atoms in total. The van der Waals surface area contributed by atoms with Gasteiger partial charge in [-0.25, -0.2) is 9.37 Å². The number of nitrogens with two attached hydrogens (primary N) is 2. The Bertz CT molecular complexity index is 974. The molecule has 0 aliphatic heterocycles. The van der Waals surface area contributed by atoms with Gasteiger partial charge in [-0.15, -0.1) is 0 Å². The molecule has 8 heteroatoms. The summed E-state index contributed by atoms with van der Waals surface area (Å²) in [4.78, 5) is 20.2. The summed E-state index contributed by atoms with van der Waals surface area (Å²) in [5.74, 6) is -1.25. The number of fused-ring (bicyclic) bond motifs is 1. The third-order valence-electron chi connectivity index (χ3n) is 4.23. The molecule has 0 radical (unpaired) electrons. The van der Waals surface area contributed by atoms with E-state index in [2.05, 4.69) is 20.6 Å². The lowest BCUT2D eigenvalue weighted by atomic mass is 10.1. The summed E-state index contributed by atoms with van der Waals surface area (Å²) in [6, 6.07) is 10.2. The molecule has 3 aromatic rings. The number of nitrogens with one attached hydrogen (secondary N) is 2. The molecule has 2 aromatic heterocycles. The Morgan fingerprint density at radius 1 is 1.26 bits per heavy atom. The van der Waals surface area contributed by atoms with Crippen LogP contribution in [-0.4, -0.2) is 28.5 Å². The van der Waals surface area contributed by atoms with Crippen molar-refractivity contribution in [1.82, 2.24) is 9.97 Å². The van der Waals surface area contributed by atoms with Crippen LogP contribution in [0.4, 0.5) is 21.7 Å². The summed E-state index contributed by atoms with van der Waals surface area (Å²) in [7, 11) is 0. The van der Waals surface area contributed by atoms with Crippen molar-refractivity contribution in [2.75, 3.05) is 17.2 Å². The molecule has 0 saturated heterocycles. The van der Waals surface area contributed by atoms with Crippen LogP contribution in [0.1, 0.15) is 23.7 Å². The van der Waals surface area contributed by atoms with Crippen LogP contribution in [0.3, 0.4) is 0 Å². The van der Waals surface area contributed by atoms with Crippen molar-refractivity contribution in [2.24, 2.45) is 11.5 Å². The summed E-state index contributed by atoms with van der Waals surface area (Å²) in [6.07, 6.45) is 2.41. The first-order chi connectivity index (χ1) is 13.0. The summed E-state index contributed by atoms with van der Waals surface area (Å²) in [6.45, 7) is 2.26. The van der Waals surface area contributed by atoms with E-state index in [0.29, 0.717) is 18.7 Å². The molecular formula is C19H21FN6O. The van der Waals surface area contributed by atoms with Gasteiger partial charge in [0.05, 0.1) is 11.1 Å². The van der Waals surface area contributed by atoms with Gasteiger partial charge in [0.25, 0.3) is 5.91 Å². The highest BCUT2D eigenvalue weighted by Gasteiger charge is 2.17. The van der Waals surface area contributed by atoms with Crippen LogP contribution in [-0.2, 0) is 0 Å². The van der Waals surface area contributed by atoms with Crippen LogP contribution >= 0.6 is 0 Å². The second-order valence-electron chi connectivity index (χ2n) is 6.10. The lowest BCUT2D eigenvalue weighted by Gasteiger charge is -2.18. The number of carbonyl (C=O) groups excluding carboxylic acids is 1. The van der Waals surface area contributed by atoms with Gasteiger partial charge in [-0.3, -0.25) is 9.78 Å². The molecule has 0 aliphatic carbocycles. The van der Waals surface area contributed by atoms with Crippen LogP contribution in [0.25, 0.3) is 10.9 Å². The first-order valence-corrected chi connectivity index (χ1v) is 8.60. The molecule has 2 heterocycles. The quantitative estimate of drug-likeness (QED) is 0.509. The zero-order valence-electron chi connectivity index (χ0n) is 14.9. The number of hydrogen-bond acceptors (Lipinski definition) is 6. The van der Waals surface area contributed by atoms with Gasteiger partial charge in [0.1, 0.15) is 5.82 Å². The minimum absolute atomic E-state index is 0.0160. The Kier molecular flexibility index (Phi) is 5.46. The van der Waals surface area contributed by atoms with Crippen molar-refractivity contribution in [3.63, 3.8) is 0 Å². The predicted molar refractivity (Wildman–Crippen MR) is 104 cm³/mol. The van der Waals surface area contributed by atoms with Crippen molar-refractivity contribution in [3.05, 3.63) is 54.0 Å². The molecule has 6 N–H and O–H groups in total. The van der Waals surface area contributed by atoms with E-state index in [-0.39, 0.29) is 23.2 Å². The molecule has 1 unspecified atom stereocenters. The number of halogens is 1. The zero-order chi connectivity index (χ0) is 19.4. The van der Waals surface area contributed by atoms with E-state index in [9.17, 15) is 9.18 Å². The third-order valence-corrected chi connectivity index (χ3v) is 4.23. The lowest BCUT2D eigenvalue weighted by Crippen LogP contribution is -2.29. The standard InChI is InChI=1S/C19H21FN6O/c1-2-12(10-21)24-19-15(20)9-14(17(22)27)18(26-19)25-13-5-6-16-11(8-13)4-3-7-23-16/h3-9,12H,2,10,21H2,1H3,(H2,22,27)(H2,24,25,26). The molecule has 0 bridgehead atoms. The van der Waals surface area contributed by atoms with Gasteiger partial charge in [0.2, 0.25) is 0 Å². The summed E-state index contributed by atoms with van der Waals surface area (Å²) >= 11 is 0. The van der Waals surface area contributed by atoms with Gasteiger partial charge in [-0.2, -0.15) is 0 Å². The number of rotatable bonds is 7. The molecule has 0 spiro atoms. The average molecular weight is 368 g/mol. The summed E-state index contributed by atoms with van der Waals surface area (Å²) < 4.78 is 14.4. The molecule has 1 aromatic carbocycles. The fourth-order valence-corrected chi connectivity index (χ4v) is 2.68. The number of nitrogens with zero attached hydrogens (tertiary/aromatic N) is 2. The molecule has 140 valence electrons. The van der Waals surface area contributed by atoms with E-state index < -0.39 is 11.7 Å². The molecule has 27 heavy (non-hydrogen) atoms. The normalized spacial score (nSPS) is 12.0. The number of primary amides is 1. The van der Waals surface area contributed by atoms with Gasteiger partial charge in [0, 0.05) is 29.9 Å². The SMILES string of the molecule is CCC(CN)Nc1nc(Nc2ccc3ncccc3c2)c(C(N)=O)cc1F. The maximum atomic E-state index is 14.4. The highest BCUT2D eigenvalue weighted by atomic mass is 19.1. The molecule has 1 atom stereocenters. The topological polar surface area (TPSA) is 119 Å². The number of carbonyl (C=O) groups is 1. The maximum Gasteiger partial charge on any atom is 0.252 e. The number of amides is 1. The highest BCUT2D eigenvalue weighted by molar-refractivity contribution is 5.99. The number of pyridine rings is 2. The highest BCUT2D eigenvalue weighted by Crippen LogP contribution is 2.26. The largest absolute Gasteiger partial charge is 0.365 e. The Morgan fingerprint density at radius 2 is 2.07 bits per heavy atom. The van der Waals surface area contributed by atoms with Gasteiger partial charge < -0.3 is 22.1 Å². The van der Waals surface area contributed by atoms with Crippen molar-refractivity contribution in [3.8, 4) is 0 Å². The monoisotopic (exact) mass is 368 g/mol. The van der Waals surface area contributed by atoms with Crippen molar-refractivity contribution in [1.29, 1.82) is 0 Å². The van der Waals surface area contributed by atoms with Crippen LogP contribution in [0.5, 0.6) is 0 Å². The van der Waals surface area contributed by atoms with Gasteiger partial charge in [0.15, 0.2) is 11.6 Å². The molecule has 1 amide bonds. The number of hydrogen-bond donors (Lipinski definition) is 4. The minimum Gasteiger partial charge on any atom is -0.365 e. The first-order valence-electron chi connectivity index (χ1n) is 8.60. The first kappa shape index (κ1) is 18.5. The van der Waals surface area contributed by atoms with E-state index in [0.717, 1.165) is 17.0 Å². The minimum atomic E-state index is -0.774. The molecule has 3 rings (SSSR count). The van der Waals surface area contributed by atoms with Crippen molar-refractivity contribution in [2.45, 2.75) is 19.4 Å². The van der Waals surface area contributed by atoms with E-state index in [1.165, 1.54) is 0 Å². The second kappa shape index (κ2) is 7.96. The second-order valence-corrected chi connectivity index (χ2v) is 6.10.